The number of hydrogen-bond donors (Lipinski definition) is 0. The smallest absolute Gasteiger partial charge is 0.319 e. The lowest BCUT2D eigenvalue weighted by Crippen LogP contribution is -2.39. The molecular weight excluding hydrogens is 206 g/mol. The van der Waals surface area contributed by atoms with Crippen molar-refractivity contribution in [2.45, 2.75) is 39.0 Å². The summed E-state index contributed by atoms with van der Waals surface area (Å²) in [6.45, 7) is 6.13. The van der Waals surface area contributed by atoms with Gasteiger partial charge in [-0.05, 0) is 19.8 Å². The summed E-state index contributed by atoms with van der Waals surface area (Å²) in [5, 5.41) is 4.02. The van der Waals surface area contributed by atoms with Crippen molar-refractivity contribution >= 4 is 5.97 Å². The third-order valence-corrected chi connectivity index (χ3v) is 3.01. The van der Waals surface area contributed by atoms with Crippen molar-refractivity contribution in [2.75, 3.05) is 6.61 Å². The van der Waals surface area contributed by atoms with Gasteiger partial charge in [0.05, 0.1) is 6.61 Å². The molecule has 0 spiro atoms. The fourth-order valence-corrected chi connectivity index (χ4v) is 1.94. The average Bonchev–Trinajstić information content (AvgIpc) is 2.69. The zero-order chi connectivity index (χ0) is 12.2. The van der Waals surface area contributed by atoms with E-state index in [1.54, 1.807) is 11.7 Å². The molecule has 0 fully saturated rings. The Balaban J connectivity index is 3.15. The van der Waals surface area contributed by atoms with Gasteiger partial charge in [0.25, 0.3) is 0 Å². The Bertz CT molecular complexity index is 356. The standard InChI is InChI=1S/C11H19N3O2/c1-5-11(6-2,10(15)16-7-3)9-12-8-13-14(9)4/h8H,5-7H2,1-4H3. The molecule has 0 aliphatic carbocycles. The highest BCUT2D eigenvalue weighted by molar-refractivity contribution is 5.82. The molecule has 0 aromatic carbocycles. The predicted molar refractivity (Wildman–Crippen MR) is 59.9 cm³/mol. The second kappa shape index (κ2) is 5.09. The van der Waals surface area contributed by atoms with Crippen LogP contribution in [0.25, 0.3) is 0 Å². The van der Waals surface area contributed by atoms with E-state index in [9.17, 15) is 4.79 Å². The topological polar surface area (TPSA) is 57.0 Å². The lowest BCUT2D eigenvalue weighted by molar-refractivity contribution is -0.151. The third kappa shape index (κ3) is 1.94. The van der Waals surface area contributed by atoms with E-state index in [1.165, 1.54) is 6.33 Å². The molecule has 5 nitrogen and oxygen atoms in total. The number of aryl methyl sites for hydroxylation is 1. The van der Waals surface area contributed by atoms with Gasteiger partial charge in [0, 0.05) is 7.05 Å². The summed E-state index contributed by atoms with van der Waals surface area (Å²) in [5.74, 6) is 0.465. The van der Waals surface area contributed by atoms with Crippen LogP contribution in [0.1, 0.15) is 39.4 Å². The molecule has 0 aliphatic heterocycles. The Labute approximate surface area is 95.8 Å². The van der Waals surface area contributed by atoms with Crippen LogP contribution in [-0.4, -0.2) is 27.3 Å². The summed E-state index contributed by atoms with van der Waals surface area (Å²) >= 11 is 0. The Morgan fingerprint density at radius 1 is 1.44 bits per heavy atom. The van der Waals surface area contributed by atoms with Crippen LogP contribution < -0.4 is 0 Å². The lowest BCUT2D eigenvalue weighted by atomic mass is 9.81. The van der Waals surface area contributed by atoms with Crippen LogP contribution in [0.3, 0.4) is 0 Å². The second-order valence-corrected chi connectivity index (χ2v) is 3.72. The maximum absolute atomic E-state index is 12.1. The van der Waals surface area contributed by atoms with E-state index in [-0.39, 0.29) is 5.97 Å². The van der Waals surface area contributed by atoms with E-state index in [2.05, 4.69) is 10.1 Å². The normalized spacial score (nSPS) is 11.5. The molecule has 0 atom stereocenters. The van der Waals surface area contributed by atoms with E-state index in [1.807, 2.05) is 20.8 Å². The Kier molecular flexibility index (Phi) is 4.04. The van der Waals surface area contributed by atoms with Crippen LogP contribution in [0.5, 0.6) is 0 Å². The summed E-state index contributed by atoms with van der Waals surface area (Å²) in [4.78, 5) is 16.3. The summed E-state index contributed by atoms with van der Waals surface area (Å²) in [6.07, 6.45) is 2.79. The van der Waals surface area contributed by atoms with E-state index in [0.717, 1.165) is 0 Å². The number of carbonyl (C=O) groups excluding carboxylic acids is 1. The number of hydrogen-bond acceptors (Lipinski definition) is 4. The molecular formula is C11H19N3O2. The highest BCUT2D eigenvalue weighted by Crippen LogP contribution is 2.31. The van der Waals surface area contributed by atoms with Crippen LogP contribution in [-0.2, 0) is 22.0 Å². The first-order chi connectivity index (χ1) is 7.62. The maximum atomic E-state index is 12.1. The molecule has 0 N–H and O–H groups in total. The number of rotatable bonds is 5. The van der Waals surface area contributed by atoms with Gasteiger partial charge in [-0.25, -0.2) is 4.98 Å². The van der Waals surface area contributed by atoms with Crippen LogP contribution in [0.4, 0.5) is 0 Å². The average molecular weight is 225 g/mol. The second-order valence-electron chi connectivity index (χ2n) is 3.72. The van der Waals surface area contributed by atoms with Gasteiger partial charge >= 0.3 is 5.97 Å². The Morgan fingerprint density at radius 3 is 2.44 bits per heavy atom. The highest BCUT2D eigenvalue weighted by Gasteiger charge is 2.42. The van der Waals surface area contributed by atoms with Gasteiger partial charge in [0.15, 0.2) is 0 Å². The molecule has 5 heteroatoms. The number of aromatic nitrogens is 3. The molecule has 0 aliphatic rings. The van der Waals surface area contributed by atoms with Crippen molar-refractivity contribution in [3.8, 4) is 0 Å². The Morgan fingerprint density at radius 2 is 2.06 bits per heavy atom. The van der Waals surface area contributed by atoms with Crippen LogP contribution >= 0.6 is 0 Å². The van der Waals surface area contributed by atoms with Gasteiger partial charge in [0.1, 0.15) is 17.6 Å². The van der Waals surface area contributed by atoms with Crippen molar-refractivity contribution in [3.05, 3.63) is 12.2 Å². The quantitative estimate of drug-likeness (QED) is 0.711. The van der Waals surface area contributed by atoms with Crippen molar-refractivity contribution in [2.24, 2.45) is 7.05 Å². The first kappa shape index (κ1) is 12.7. The summed E-state index contributed by atoms with van der Waals surface area (Å²) in [5.41, 5.74) is -0.665. The maximum Gasteiger partial charge on any atom is 0.319 e. The largest absolute Gasteiger partial charge is 0.465 e. The zero-order valence-corrected chi connectivity index (χ0v) is 10.4. The van der Waals surface area contributed by atoms with E-state index >= 15 is 0 Å². The molecule has 0 unspecified atom stereocenters. The van der Waals surface area contributed by atoms with Gasteiger partial charge in [-0.1, -0.05) is 13.8 Å². The molecule has 1 heterocycles. The SMILES string of the molecule is CCOC(=O)C(CC)(CC)c1ncnn1C. The molecule has 90 valence electrons. The summed E-state index contributed by atoms with van der Waals surface area (Å²) in [6, 6.07) is 0. The fraction of sp³-hybridized carbons (Fsp3) is 0.727. The predicted octanol–water partition coefficient (Wildman–Crippen LogP) is 1.44. The molecule has 0 saturated carbocycles. The molecule has 0 bridgehead atoms. The minimum atomic E-state index is -0.665. The number of ether oxygens (including phenoxy) is 1. The molecule has 0 radical (unpaired) electrons. The number of nitrogens with zero attached hydrogens (tertiary/aromatic N) is 3. The summed E-state index contributed by atoms with van der Waals surface area (Å²) < 4.78 is 6.79. The van der Waals surface area contributed by atoms with Crippen LogP contribution in [0, 0.1) is 0 Å². The van der Waals surface area contributed by atoms with Gasteiger partial charge < -0.3 is 4.74 Å². The minimum Gasteiger partial charge on any atom is -0.465 e. The van der Waals surface area contributed by atoms with Crippen molar-refractivity contribution in [3.63, 3.8) is 0 Å². The van der Waals surface area contributed by atoms with E-state index in [4.69, 9.17) is 4.74 Å². The van der Waals surface area contributed by atoms with Crippen molar-refractivity contribution in [1.82, 2.24) is 14.8 Å². The monoisotopic (exact) mass is 225 g/mol. The molecule has 0 amide bonds. The van der Waals surface area contributed by atoms with Gasteiger partial charge in [-0.3, -0.25) is 9.48 Å². The molecule has 1 rings (SSSR count). The molecule has 1 aromatic rings. The first-order valence-corrected chi connectivity index (χ1v) is 5.64. The number of esters is 1. The van der Waals surface area contributed by atoms with Crippen molar-refractivity contribution < 1.29 is 9.53 Å². The van der Waals surface area contributed by atoms with Gasteiger partial charge in [-0.2, -0.15) is 5.10 Å². The highest BCUT2D eigenvalue weighted by atomic mass is 16.5. The molecule has 1 aromatic heterocycles. The van der Waals surface area contributed by atoms with Crippen LogP contribution in [0.2, 0.25) is 0 Å². The molecule has 0 saturated heterocycles. The van der Waals surface area contributed by atoms with E-state index in [0.29, 0.717) is 25.3 Å². The van der Waals surface area contributed by atoms with Crippen LogP contribution in [0.15, 0.2) is 6.33 Å². The zero-order valence-electron chi connectivity index (χ0n) is 10.4. The lowest BCUT2D eigenvalue weighted by Gasteiger charge is -2.27. The van der Waals surface area contributed by atoms with Gasteiger partial charge in [-0.15, -0.1) is 0 Å². The molecule has 16 heavy (non-hydrogen) atoms. The third-order valence-electron chi connectivity index (χ3n) is 3.01. The minimum absolute atomic E-state index is 0.212. The van der Waals surface area contributed by atoms with E-state index < -0.39 is 5.41 Å². The number of carbonyl (C=O) groups is 1. The Hall–Kier alpha value is -1.39. The van der Waals surface area contributed by atoms with Crippen molar-refractivity contribution in [1.29, 1.82) is 0 Å². The fourth-order valence-electron chi connectivity index (χ4n) is 1.94. The first-order valence-electron chi connectivity index (χ1n) is 5.64. The summed E-state index contributed by atoms with van der Waals surface area (Å²) in [7, 11) is 1.79. The van der Waals surface area contributed by atoms with Gasteiger partial charge in [0.2, 0.25) is 0 Å².